The maximum absolute atomic E-state index is 12.9. The average Bonchev–Trinajstić information content (AvgIpc) is 2.28. The molecule has 1 aromatic carbocycles. The molecule has 0 aromatic heterocycles. The third-order valence-electron chi connectivity index (χ3n) is 2.36. The van der Waals surface area contributed by atoms with Gasteiger partial charge in [-0.25, -0.2) is 4.39 Å². The van der Waals surface area contributed by atoms with Gasteiger partial charge in [0.1, 0.15) is 5.82 Å². The molecule has 0 bridgehead atoms. The fourth-order valence-corrected chi connectivity index (χ4v) is 1.42. The van der Waals surface area contributed by atoms with E-state index in [4.69, 9.17) is 23.2 Å². The van der Waals surface area contributed by atoms with E-state index in [1.54, 1.807) is 0 Å². The molecule has 0 aliphatic rings. The minimum absolute atomic E-state index is 0.0658. The molecule has 0 fully saturated rings. The highest BCUT2D eigenvalue weighted by Crippen LogP contribution is 2.16. The third-order valence-corrected chi connectivity index (χ3v) is 3.31. The van der Waals surface area contributed by atoms with E-state index < -0.39 is 5.82 Å². The molecule has 0 spiro atoms. The first-order valence-electron chi connectivity index (χ1n) is 5.29. The van der Waals surface area contributed by atoms with Crippen molar-refractivity contribution in [2.24, 2.45) is 5.92 Å². The number of alkyl halides is 1. The van der Waals surface area contributed by atoms with Gasteiger partial charge in [-0.15, -0.1) is 11.6 Å². The highest BCUT2D eigenvalue weighted by molar-refractivity contribution is 6.31. The van der Waals surface area contributed by atoms with Crippen LogP contribution < -0.4 is 5.32 Å². The molecule has 1 atom stereocenters. The second kappa shape index (κ2) is 6.22. The molecular weight excluding hydrogens is 264 g/mol. The van der Waals surface area contributed by atoms with Gasteiger partial charge in [-0.3, -0.25) is 4.79 Å². The Kier molecular flexibility index (Phi) is 5.22. The zero-order chi connectivity index (χ0) is 13.0. The van der Waals surface area contributed by atoms with E-state index in [-0.39, 0.29) is 22.2 Å². The lowest BCUT2D eigenvalue weighted by Crippen LogP contribution is -2.31. The fraction of sp³-hybridized carbons (Fsp3) is 0.417. The van der Waals surface area contributed by atoms with Crippen LogP contribution in [0.3, 0.4) is 0 Å². The molecule has 17 heavy (non-hydrogen) atoms. The average molecular weight is 278 g/mol. The third kappa shape index (κ3) is 4.17. The van der Waals surface area contributed by atoms with Crippen molar-refractivity contribution in [1.29, 1.82) is 0 Å². The second-order valence-electron chi connectivity index (χ2n) is 4.10. The Bertz CT molecular complexity index is 409. The van der Waals surface area contributed by atoms with Gasteiger partial charge in [-0.1, -0.05) is 25.4 Å². The number of carbonyl (C=O) groups excluding carboxylic acids is 1. The lowest BCUT2D eigenvalue weighted by molar-refractivity contribution is 0.0952. The Hall–Kier alpha value is -0.800. The van der Waals surface area contributed by atoms with Gasteiger partial charge in [0.25, 0.3) is 5.91 Å². The lowest BCUT2D eigenvalue weighted by atomic mass is 10.1. The molecule has 94 valence electrons. The Morgan fingerprint density at radius 3 is 2.65 bits per heavy atom. The highest BCUT2D eigenvalue weighted by atomic mass is 35.5. The summed E-state index contributed by atoms with van der Waals surface area (Å²) in [6, 6.07) is 3.85. The van der Waals surface area contributed by atoms with Crippen molar-refractivity contribution in [2.75, 3.05) is 6.54 Å². The zero-order valence-corrected chi connectivity index (χ0v) is 11.1. The lowest BCUT2D eigenvalue weighted by Gasteiger charge is -2.14. The van der Waals surface area contributed by atoms with Crippen molar-refractivity contribution in [3.63, 3.8) is 0 Å². The molecular formula is C12H14Cl2FNO. The monoisotopic (exact) mass is 277 g/mol. The Labute approximate surface area is 110 Å². The van der Waals surface area contributed by atoms with E-state index in [1.165, 1.54) is 12.1 Å². The summed E-state index contributed by atoms with van der Waals surface area (Å²) in [5.41, 5.74) is 0.323. The predicted molar refractivity (Wildman–Crippen MR) is 68.2 cm³/mol. The fourth-order valence-electron chi connectivity index (χ4n) is 1.17. The van der Waals surface area contributed by atoms with Crippen LogP contribution in [0, 0.1) is 11.7 Å². The number of halogens is 3. The molecule has 1 amide bonds. The zero-order valence-electron chi connectivity index (χ0n) is 9.64. The molecule has 0 radical (unpaired) electrons. The molecule has 2 nitrogen and oxygen atoms in total. The van der Waals surface area contributed by atoms with E-state index in [2.05, 4.69) is 5.32 Å². The van der Waals surface area contributed by atoms with Crippen molar-refractivity contribution in [1.82, 2.24) is 5.32 Å². The maximum Gasteiger partial charge on any atom is 0.251 e. The Morgan fingerprint density at radius 1 is 1.47 bits per heavy atom. The van der Waals surface area contributed by atoms with Gasteiger partial charge in [0.2, 0.25) is 0 Å². The normalized spacial score (nSPS) is 12.6. The summed E-state index contributed by atoms with van der Waals surface area (Å²) >= 11 is 11.6. The van der Waals surface area contributed by atoms with Gasteiger partial charge in [-0.2, -0.15) is 0 Å². The van der Waals surface area contributed by atoms with Crippen LogP contribution >= 0.6 is 23.2 Å². The molecule has 1 aromatic rings. The van der Waals surface area contributed by atoms with Gasteiger partial charge < -0.3 is 5.32 Å². The van der Waals surface area contributed by atoms with Crippen molar-refractivity contribution < 1.29 is 9.18 Å². The van der Waals surface area contributed by atoms with Crippen molar-refractivity contribution in [3.8, 4) is 0 Å². The molecule has 1 rings (SSSR count). The topological polar surface area (TPSA) is 29.1 Å². The minimum atomic E-state index is -0.541. The Balaban J connectivity index is 2.61. The molecule has 0 saturated carbocycles. The first-order valence-corrected chi connectivity index (χ1v) is 6.10. The molecule has 0 aliphatic carbocycles. The number of benzene rings is 1. The predicted octanol–water partition coefficient (Wildman–Crippen LogP) is 3.47. The van der Waals surface area contributed by atoms with E-state index >= 15 is 0 Å². The van der Waals surface area contributed by atoms with E-state index in [9.17, 15) is 9.18 Å². The first kappa shape index (κ1) is 14.3. The van der Waals surface area contributed by atoms with Gasteiger partial charge in [0, 0.05) is 12.1 Å². The summed E-state index contributed by atoms with van der Waals surface area (Å²) in [6.45, 7) is 4.31. The molecule has 0 heterocycles. The molecule has 0 saturated heterocycles. The van der Waals surface area contributed by atoms with E-state index in [0.29, 0.717) is 12.1 Å². The summed E-state index contributed by atoms with van der Waals surface area (Å²) in [6.07, 6.45) is 0. The summed E-state index contributed by atoms with van der Waals surface area (Å²) in [7, 11) is 0. The first-order chi connectivity index (χ1) is 7.91. The SMILES string of the molecule is CC(C)C(Cl)CNC(=O)c1ccc(F)c(Cl)c1. The van der Waals surface area contributed by atoms with Gasteiger partial charge in [-0.05, 0) is 24.1 Å². The van der Waals surface area contributed by atoms with Crippen LogP contribution in [-0.4, -0.2) is 17.8 Å². The van der Waals surface area contributed by atoms with Crippen molar-refractivity contribution >= 4 is 29.1 Å². The Morgan fingerprint density at radius 2 is 2.12 bits per heavy atom. The van der Waals surface area contributed by atoms with Crippen molar-refractivity contribution in [2.45, 2.75) is 19.2 Å². The van der Waals surface area contributed by atoms with Crippen LogP contribution in [0.4, 0.5) is 4.39 Å². The van der Waals surface area contributed by atoms with Gasteiger partial charge in [0.05, 0.1) is 10.4 Å². The van der Waals surface area contributed by atoms with Crippen LogP contribution in [0.15, 0.2) is 18.2 Å². The highest BCUT2D eigenvalue weighted by Gasteiger charge is 2.13. The minimum Gasteiger partial charge on any atom is -0.351 e. The number of hydrogen-bond acceptors (Lipinski definition) is 1. The molecule has 1 unspecified atom stereocenters. The van der Waals surface area contributed by atoms with Gasteiger partial charge in [0.15, 0.2) is 0 Å². The van der Waals surface area contributed by atoms with E-state index in [1.807, 2.05) is 13.8 Å². The molecule has 1 N–H and O–H groups in total. The van der Waals surface area contributed by atoms with Crippen LogP contribution in [0.5, 0.6) is 0 Å². The number of nitrogens with one attached hydrogen (secondary N) is 1. The summed E-state index contributed by atoms with van der Waals surface area (Å²) in [5, 5.41) is 2.48. The number of carbonyl (C=O) groups is 1. The van der Waals surface area contributed by atoms with Crippen molar-refractivity contribution in [3.05, 3.63) is 34.6 Å². The second-order valence-corrected chi connectivity index (χ2v) is 5.07. The molecule has 0 aliphatic heterocycles. The largest absolute Gasteiger partial charge is 0.351 e. The summed E-state index contributed by atoms with van der Waals surface area (Å²) in [4.78, 5) is 11.7. The number of amides is 1. The van der Waals surface area contributed by atoms with E-state index in [0.717, 1.165) is 6.07 Å². The summed E-state index contributed by atoms with van der Waals surface area (Å²) in [5.74, 6) is -0.576. The van der Waals surface area contributed by atoms with Crippen LogP contribution in [0.25, 0.3) is 0 Å². The quantitative estimate of drug-likeness (QED) is 0.839. The summed E-state index contributed by atoms with van der Waals surface area (Å²) < 4.78 is 12.9. The molecule has 5 heteroatoms. The smallest absolute Gasteiger partial charge is 0.251 e. The van der Waals surface area contributed by atoms with Crippen LogP contribution in [0.1, 0.15) is 24.2 Å². The standard InChI is InChI=1S/C12H14Cl2FNO/c1-7(2)10(14)6-16-12(17)8-3-4-11(15)9(13)5-8/h3-5,7,10H,6H2,1-2H3,(H,16,17). The number of hydrogen-bond donors (Lipinski definition) is 1. The van der Waals surface area contributed by atoms with Crippen LogP contribution in [0.2, 0.25) is 5.02 Å². The van der Waals surface area contributed by atoms with Gasteiger partial charge >= 0.3 is 0 Å². The number of rotatable bonds is 4. The maximum atomic E-state index is 12.9. The van der Waals surface area contributed by atoms with Crippen LogP contribution in [-0.2, 0) is 0 Å².